The van der Waals surface area contributed by atoms with Gasteiger partial charge in [0.05, 0.1) is 30.7 Å². The summed E-state index contributed by atoms with van der Waals surface area (Å²) in [6.45, 7) is 4.35. The van der Waals surface area contributed by atoms with Gasteiger partial charge < -0.3 is 14.4 Å². The number of hydrogen-bond donors (Lipinski definition) is 2. The number of aryl methyl sites for hydroxylation is 2. The van der Waals surface area contributed by atoms with E-state index in [2.05, 4.69) is 10.1 Å². The predicted molar refractivity (Wildman–Crippen MR) is 128 cm³/mol. The summed E-state index contributed by atoms with van der Waals surface area (Å²) >= 11 is 0. The summed E-state index contributed by atoms with van der Waals surface area (Å²) in [6.07, 6.45) is 10.1. The molecule has 1 atom stereocenters. The number of nitrogens with one attached hydrogen (secondary N) is 2. The number of amides is 1. The molecular formula is C24H28FN7O3. The van der Waals surface area contributed by atoms with Crippen LogP contribution in [0.25, 0.3) is 17.2 Å². The summed E-state index contributed by atoms with van der Waals surface area (Å²) < 4.78 is 27.7. The lowest BCUT2D eigenvalue weighted by atomic mass is 10.1. The van der Waals surface area contributed by atoms with Gasteiger partial charge in [-0.2, -0.15) is 5.10 Å². The molecule has 35 heavy (non-hydrogen) atoms. The molecule has 0 aliphatic carbocycles. The number of hydrogen-bond acceptors (Lipinski definition) is 7. The Morgan fingerprint density at radius 3 is 2.66 bits per heavy atom. The number of pyridine rings is 2. The predicted octanol–water partition coefficient (Wildman–Crippen LogP) is 2.58. The van der Waals surface area contributed by atoms with Gasteiger partial charge in [-0.3, -0.25) is 29.8 Å². The van der Waals surface area contributed by atoms with E-state index < -0.39 is 17.3 Å². The number of ether oxygens (including phenoxy) is 2. The van der Waals surface area contributed by atoms with Crippen molar-refractivity contribution in [2.45, 2.75) is 19.9 Å². The molecule has 0 spiro atoms. The molecular weight excluding hydrogens is 453 g/mol. The van der Waals surface area contributed by atoms with E-state index in [1.54, 1.807) is 50.4 Å². The number of halogens is 1. The van der Waals surface area contributed by atoms with Crippen LogP contribution in [0, 0.1) is 23.6 Å². The van der Waals surface area contributed by atoms with Crippen LogP contribution in [0.2, 0.25) is 0 Å². The summed E-state index contributed by atoms with van der Waals surface area (Å²) in [5, 5.41) is 20.8. The molecule has 2 N–H and O–H groups in total. The molecule has 3 aromatic heterocycles. The van der Waals surface area contributed by atoms with E-state index in [-0.39, 0.29) is 5.84 Å². The van der Waals surface area contributed by atoms with Gasteiger partial charge in [-0.05, 0) is 37.6 Å². The van der Waals surface area contributed by atoms with Gasteiger partial charge in [0.1, 0.15) is 18.2 Å². The van der Waals surface area contributed by atoms with Crippen molar-refractivity contribution in [1.29, 1.82) is 10.8 Å². The summed E-state index contributed by atoms with van der Waals surface area (Å²) in [5.74, 6) is -0.332. The second-order valence-electron chi connectivity index (χ2n) is 7.84. The summed E-state index contributed by atoms with van der Waals surface area (Å²) in [7, 11) is 3.33. The van der Waals surface area contributed by atoms with Gasteiger partial charge in [0.2, 0.25) is 6.41 Å². The average molecular weight is 482 g/mol. The van der Waals surface area contributed by atoms with Crippen molar-refractivity contribution in [2.24, 2.45) is 7.05 Å². The molecule has 0 saturated heterocycles. The summed E-state index contributed by atoms with van der Waals surface area (Å²) in [6, 6.07) is 2.26. The van der Waals surface area contributed by atoms with Crippen LogP contribution >= 0.6 is 0 Å². The maximum absolute atomic E-state index is 14.5. The van der Waals surface area contributed by atoms with Gasteiger partial charge in [0.25, 0.3) is 0 Å². The molecule has 0 aliphatic rings. The monoisotopic (exact) mass is 481 g/mol. The highest BCUT2D eigenvalue weighted by atomic mass is 19.1. The number of nitrogens with zero attached hydrogens (tertiary/aromatic N) is 5. The molecule has 1 unspecified atom stereocenters. The molecule has 0 aliphatic heterocycles. The number of methoxy groups -OCH3 is 1. The Bertz CT molecular complexity index is 1300. The normalized spacial score (nSPS) is 12.0. The smallest absolute Gasteiger partial charge is 0.214 e. The fourth-order valence-electron chi connectivity index (χ4n) is 3.29. The van der Waals surface area contributed by atoms with Crippen molar-refractivity contribution in [3.63, 3.8) is 0 Å². The van der Waals surface area contributed by atoms with Crippen LogP contribution < -0.4 is 10.2 Å². The van der Waals surface area contributed by atoms with Crippen LogP contribution in [0.4, 0.5) is 4.39 Å². The number of rotatable bonds is 10. The Labute approximate surface area is 202 Å². The van der Waals surface area contributed by atoms with E-state index in [1.807, 2.05) is 13.0 Å². The first-order valence-corrected chi connectivity index (χ1v) is 10.8. The van der Waals surface area contributed by atoms with Gasteiger partial charge >= 0.3 is 0 Å². The second kappa shape index (κ2) is 11.3. The fourth-order valence-corrected chi connectivity index (χ4v) is 3.29. The largest absolute Gasteiger partial charge is 0.490 e. The highest BCUT2D eigenvalue weighted by Crippen LogP contribution is 2.19. The Balaban J connectivity index is 1.81. The van der Waals surface area contributed by atoms with Gasteiger partial charge in [-0.15, -0.1) is 0 Å². The first kappa shape index (κ1) is 25.5. The van der Waals surface area contributed by atoms with E-state index in [4.69, 9.17) is 20.3 Å². The van der Waals surface area contributed by atoms with Crippen LogP contribution in [-0.2, 0) is 16.6 Å². The Hall–Kier alpha value is -4.12. The first-order valence-electron chi connectivity index (χ1n) is 10.8. The minimum Gasteiger partial charge on any atom is -0.490 e. The van der Waals surface area contributed by atoms with Crippen LogP contribution in [0.5, 0.6) is 5.75 Å². The average Bonchev–Trinajstić information content (AvgIpc) is 3.28. The molecule has 11 heteroatoms. The van der Waals surface area contributed by atoms with E-state index >= 15 is 0 Å². The zero-order valence-corrected chi connectivity index (χ0v) is 20.0. The number of carbonyl (C=O) groups excluding carboxylic acids is 1. The van der Waals surface area contributed by atoms with Crippen molar-refractivity contribution in [1.82, 2.24) is 24.2 Å². The van der Waals surface area contributed by atoms with Crippen molar-refractivity contribution in [3.8, 4) is 16.9 Å². The molecule has 0 bridgehead atoms. The minimum atomic E-state index is -0.793. The standard InChI is InChI=1S/C24H28FN7O3/c1-16-9-20(35-8-7-34-4)12-28-22(16)5-6-31(15-33)17(2)23(26)32-14-18(10-21(25)24(32)27)19-11-29-30(3)13-19/h5-6,9-15,17,26-27H,7-8H2,1-4H3/b6-5-,26-23?,27-24?. The van der Waals surface area contributed by atoms with Crippen molar-refractivity contribution in [2.75, 3.05) is 20.3 Å². The minimum absolute atomic E-state index is 0.150. The molecule has 3 aromatic rings. The quantitative estimate of drug-likeness (QED) is 0.199. The maximum Gasteiger partial charge on any atom is 0.214 e. The highest BCUT2D eigenvalue weighted by Gasteiger charge is 2.19. The number of aromatic nitrogens is 4. The zero-order valence-electron chi connectivity index (χ0n) is 20.0. The maximum atomic E-state index is 14.5. The van der Waals surface area contributed by atoms with E-state index in [1.165, 1.54) is 23.4 Å². The molecule has 3 rings (SSSR count). The molecule has 0 radical (unpaired) electrons. The summed E-state index contributed by atoms with van der Waals surface area (Å²) in [4.78, 5) is 17.4. The Morgan fingerprint density at radius 1 is 1.26 bits per heavy atom. The van der Waals surface area contributed by atoms with Gasteiger partial charge in [-0.1, -0.05) is 0 Å². The van der Waals surface area contributed by atoms with Crippen LogP contribution in [0.3, 0.4) is 0 Å². The third kappa shape index (κ3) is 6.07. The third-order valence-corrected chi connectivity index (χ3v) is 5.33. The lowest BCUT2D eigenvalue weighted by Crippen LogP contribution is -2.42. The lowest BCUT2D eigenvalue weighted by molar-refractivity contribution is -0.116. The third-order valence-electron chi connectivity index (χ3n) is 5.33. The number of carbonyl (C=O) groups is 1. The molecule has 0 saturated carbocycles. The SMILES string of the molecule is COCCOc1cnc(/C=C\N(C=O)C(C)C(=N)n2cc(-c3cnn(C)c3)cc(F)c2=N)c(C)c1. The van der Waals surface area contributed by atoms with E-state index in [9.17, 15) is 9.18 Å². The van der Waals surface area contributed by atoms with Crippen LogP contribution in [0.15, 0.2) is 43.1 Å². The van der Waals surface area contributed by atoms with Gasteiger partial charge in [-0.25, -0.2) is 4.39 Å². The molecule has 184 valence electrons. The fraction of sp³-hybridized carbons (Fsp3) is 0.292. The molecule has 0 fully saturated rings. The molecule has 0 aromatic carbocycles. The molecule has 10 nitrogen and oxygen atoms in total. The van der Waals surface area contributed by atoms with Crippen molar-refractivity contribution < 1.29 is 18.7 Å². The zero-order chi connectivity index (χ0) is 25.5. The van der Waals surface area contributed by atoms with Gasteiger partial charge in [0.15, 0.2) is 11.3 Å². The van der Waals surface area contributed by atoms with E-state index in [0.29, 0.717) is 42.2 Å². The lowest BCUT2D eigenvalue weighted by Gasteiger charge is -2.24. The van der Waals surface area contributed by atoms with Crippen LogP contribution in [-0.4, -0.2) is 62.8 Å². The van der Waals surface area contributed by atoms with Gasteiger partial charge in [0, 0.05) is 43.9 Å². The second-order valence-corrected chi connectivity index (χ2v) is 7.84. The Morgan fingerprint density at radius 2 is 2.03 bits per heavy atom. The van der Waals surface area contributed by atoms with Crippen LogP contribution in [0.1, 0.15) is 18.2 Å². The highest BCUT2D eigenvalue weighted by molar-refractivity contribution is 5.88. The molecule has 3 heterocycles. The Kier molecular flexibility index (Phi) is 8.26. The first-order chi connectivity index (χ1) is 16.7. The topological polar surface area (TPSA) is 122 Å². The van der Waals surface area contributed by atoms with Crippen molar-refractivity contribution in [3.05, 3.63) is 65.7 Å². The molecule has 1 amide bonds. The summed E-state index contributed by atoms with van der Waals surface area (Å²) in [5.41, 5.74) is 2.08. The van der Waals surface area contributed by atoms with Crippen molar-refractivity contribution >= 4 is 18.3 Å². The van der Waals surface area contributed by atoms with E-state index in [0.717, 1.165) is 10.1 Å².